The van der Waals surface area contributed by atoms with Crippen molar-refractivity contribution in [1.82, 2.24) is 14.9 Å². The number of nitrogens with zero attached hydrogens (tertiary/aromatic N) is 3. The predicted molar refractivity (Wildman–Crippen MR) is 77.8 cm³/mol. The lowest BCUT2D eigenvalue weighted by atomic mass is 10.2. The third-order valence-corrected chi connectivity index (χ3v) is 3.85. The number of rotatable bonds is 5. The first-order valence-corrected chi connectivity index (χ1v) is 7.45. The molecule has 2 aromatic heterocycles. The third-order valence-electron chi connectivity index (χ3n) is 3.85. The molecular formula is C15H17F3N4O. The molecule has 0 radical (unpaired) electrons. The molecule has 1 N–H and O–H groups in total. The van der Waals surface area contributed by atoms with E-state index in [0.29, 0.717) is 6.54 Å². The van der Waals surface area contributed by atoms with E-state index >= 15 is 0 Å². The van der Waals surface area contributed by atoms with Crippen LogP contribution >= 0.6 is 0 Å². The van der Waals surface area contributed by atoms with Crippen LogP contribution in [0.1, 0.15) is 30.3 Å². The summed E-state index contributed by atoms with van der Waals surface area (Å²) in [6, 6.07) is 4.48. The van der Waals surface area contributed by atoms with Gasteiger partial charge in [-0.1, -0.05) is 0 Å². The van der Waals surface area contributed by atoms with Crippen LogP contribution in [0, 0.1) is 0 Å². The van der Waals surface area contributed by atoms with E-state index in [2.05, 4.69) is 20.2 Å². The molecule has 3 heterocycles. The molecule has 1 aliphatic rings. The van der Waals surface area contributed by atoms with E-state index in [1.54, 1.807) is 12.3 Å². The van der Waals surface area contributed by atoms with E-state index in [1.165, 1.54) is 0 Å². The van der Waals surface area contributed by atoms with Crippen molar-refractivity contribution in [3.63, 3.8) is 0 Å². The van der Waals surface area contributed by atoms with E-state index in [9.17, 15) is 13.2 Å². The highest BCUT2D eigenvalue weighted by Gasteiger charge is 2.33. The molecular weight excluding hydrogens is 309 g/mol. The molecule has 0 aromatic carbocycles. The minimum absolute atomic E-state index is 0.0319. The number of aromatic nitrogens is 2. The molecule has 0 bridgehead atoms. The summed E-state index contributed by atoms with van der Waals surface area (Å²) in [5.74, 6) is 0.752. The Balaban J connectivity index is 1.72. The maximum Gasteiger partial charge on any atom is 0.433 e. The summed E-state index contributed by atoms with van der Waals surface area (Å²) in [6.45, 7) is 2.27. The Kier molecular flexibility index (Phi) is 4.51. The van der Waals surface area contributed by atoms with E-state index in [1.807, 2.05) is 6.07 Å². The Labute approximate surface area is 131 Å². The van der Waals surface area contributed by atoms with Crippen LogP contribution in [-0.2, 0) is 6.18 Å². The van der Waals surface area contributed by atoms with Gasteiger partial charge in [-0.25, -0.2) is 9.97 Å². The van der Waals surface area contributed by atoms with Gasteiger partial charge in [-0.3, -0.25) is 4.90 Å². The molecule has 124 valence electrons. The molecule has 0 aliphatic carbocycles. The summed E-state index contributed by atoms with van der Waals surface area (Å²) in [5.41, 5.74) is -0.953. The fourth-order valence-electron chi connectivity index (χ4n) is 2.73. The van der Waals surface area contributed by atoms with Gasteiger partial charge < -0.3 is 9.73 Å². The van der Waals surface area contributed by atoms with Crippen LogP contribution in [0.25, 0.3) is 0 Å². The van der Waals surface area contributed by atoms with Crippen LogP contribution in [0.3, 0.4) is 0 Å². The molecule has 1 aliphatic heterocycles. The Bertz CT molecular complexity index is 624. The normalized spacial score (nSPS) is 17.3. The standard InChI is InChI=1S/C15H17F3N4O/c16-15(17,18)13-5-6-19-14(21-13)20-10-11(12-4-3-9-23-12)22-7-1-2-8-22/h3-6,9,11H,1-2,7-8,10H2,(H,19,20,21). The second kappa shape index (κ2) is 6.57. The molecule has 1 atom stereocenters. The third kappa shape index (κ3) is 3.82. The van der Waals surface area contributed by atoms with Gasteiger partial charge in [0, 0.05) is 12.7 Å². The minimum atomic E-state index is -4.48. The zero-order chi connectivity index (χ0) is 16.3. The molecule has 0 spiro atoms. The Morgan fingerprint density at radius 3 is 2.70 bits per heavy atom. The summed E-state index contributed by atoms with van der Waals surface area (Å²) in [7, 11) is 0. The van der Waals surface area contributed by atoms with Gasteiger partial charge in [-0.2, -0.15) is 13.2 Å². The molecule has 8 heteroatoms. The van der Waals surface area contributed by atoms with Crippen LogP contribution in [0.2, 0.25) is 0 Å². The Morgan fingerprint density at radius 2 is 2.04 bits per heavy atom. The average molecular weight is 326 g/mol. The van der Waals surface area contributed by atoms with E-state index in [-0.39, 0.29) is 12.0 Å². The number of halogens is 3. The summed E-state index contributed by atoms with van der Waals surface area (Å²) >= 11 is 0. The van der Waals surface area contributed by atoms with Gasteiger partial charge in [0.1, 0.15) is 11.5 Å². The van der Waals surface area contributed by atoms with Crippen molar-refractivity contribution >= 4 is 5.95 Å². The van der Waals surface area contributed by atoms with Crippen LogP contribution in [0.4, 0.5) is 19.1 Å². The number of hydrogen-bond acceptors (Lipinski definition) is 5. The molecule has 1 fully saturated rings. The smallest absolute Gasteiger partial charge is 0.433 e. The Morgan fingerprint density at radius 1 is 1.26 bits per heavy atom. The number of hydrogen-bond donors (Lipinski definition) is 1. The SMILES string of the molecule is FC(F)(F)c1ccnc(NCC(c2ccco2)N2CCCC2)n1. The maximum absolute atomic E-state index is 12.7. The van der Waals surface area contributed by atoms with Crippen molar-refractivity contribution in [3.05, 3.63) is 42.1 Å². The van der Waals surface area contributed by atoms with Crippen LogP contribution in [0.15, 0.2) is 35.1 Å². The summed E-state index contributed by atoms with van der Waals surface area (Å²) in [4.78, 5) is 9.64. The summed E-state index contributed by atoms with van der Waals surface area (Å²) in [6.07, 6.45) is 0.443. The first-order chi connectivity index (χ1) is 11.0. The van der Waals surface area contributed by atoms with Gasteiger partial charge in [-0.05, 0) is 44.1 Å². The summed E-state index contributed by atoms with van der Waals surface area (Å²) < 4.78 is 43.6. The van der Waals surface area contributed by atoms with Gasteiger partial charge in [0.05, 0.1) is 12.3 Å². The first kappa shape index (κ1) is 15.8. The maximum atomic E-state index is 12.7. The predicted octanol–water partition coefficient (Wildman–Crippen LogP) is 3.34. The zero-order valence-corrected chi connectivity index (χ0v) is 12.4. The van der Waals surface area contributed by atoms with Crippen LogP contribution in [0.5, 0.6) is 0 Å². The number of alkyl halides is 3. The van der Waals surface area contributed by atoms with Crippen molar-refractivity contribution in [3.8, 4) is 0 Å². The van der Waals surface area contributed by atoms with Gasteiger partial charge in [0.15, 0.2) is 0 Å². The molecule has 5 nitrogen and oxygen atoms in total. The second-order valence-corrected chi connectivity index (χ2v) is 5.42. The molecule has 0 amide bonds. The number of furan rings is 1. The summed E-state index contributed by atoms with van der Waals surface area (Å²) in [5, 5.41) is 2.90. The molecule has 0 saturated carbocycles. The fraction of sp³-hybridized carbons (Fsp3) is 0.467. The molecule has 3 rings (SSSR count). The lowest BCUT2D eigenvalue weighted by molar-refractivity contribution is -0.141. The van der Waals surface area contributed by atoms with Gasteiger partial charge in [0.2, 0.25) is 5.95 Å². The van der Waals surface area contributed by atoms with Crippen molar-refractivity contribution in [1.29, 1.82) is 0 Å². The van der Waals surface area contributed by atoms with E-state index in [0.717, 1.165) is 44.0 Å². The quantitative estimate of drug-likeness (QED) is 0.913. The monoisotopic (exact) mass is 326 g/mol. The molecule has 23 heavy (non-hydrogen) atoms. The highest BCUT2D eigenvalue weighted by atomic mass is 19.4. The van der Waals surface area contributed by atoms with Gasteiger partial charge >= 0.3 is 6.18 Å². The zero-order valence-electron chi connectivity index (χ0n) is 12.4. The molecule has 1 saturated heterocycles. The van der Waals surface area contributed by atoms with Crippen molar-refractivity contribution in [2.24, 2.45) is 0 Å². The topological polar surface area (TPSA) is 54.2 Å². The van der Waals surface area contributed by atoms with Crippen molar-refractivity contribution in [2.45, 2.75) is 25.1 Å². The van der Waals surface area contributed by atoms with Gasteiger partial charge in [0.25, 0.3) is 0 Å². The number of anilines is 1. The molecule has 2 aromatic rings. The average Bonchev–Trinajstić information content (AvgIpc) is 3.21. The van der Waals surface area contributed by atoms with Crippen molar-refractivity contribution < 1.29 is 17.6 Å². The number of likely N-dealkylation sites (tertiary alicyclic amines) is 1. The van der Waals surface area contributed by atoms with Crippen molar-refractivity contribution in [2.75, 3.05) is 25.0 Å². The van der Waals surface area contributed by atoms with E-state index in [4.69, 9.17) is 4.42 Å². The second-order valence-electron chi connectivity index (χ2n) is 5.42. The lowest BCUT2D eigenvalue weighted by Crippen LogP contribution is -2.31. The first-order valence-electron chi connectivity index (χ1n) is 7.45. The highest BCUT2D eigenvalue weighted by Crippen LogP contribution is 2.28. The largest absolute Gasteiger partial charge is 0.468 e. The number of nitrogens with one attached hydrogen (secondary N) is 1. The van der Waals surface area contributed by atoms with Crippen LogP contribution in [-0.4, -0.2) is 34.5 Å². The molecule has 1 unspecified atom stereocenters. The minimum Gasteiger partial charge on any atom is -0.468 e. The van der Waals surface area contributed by atoms with Crippen LogP contribution < -0.4 is 5.32 Å². The lowest BCUT2D eigenvalue weighted by Gasteiger charge is -2.26. The van der Waals surface area contributed by atoms with Gasteiger partial charge in [-0.15, -0.1) is 0 Å². The Hall–Kier alpha value is -2.09. The fourth-order valence-corrected chi connectivity index (χ4v) is 2.73. The van der Waals surface area contributed by atoms with E-state index < -0.39 is 11.9 Å². The highest BCUT2D eigenvalue weighted by molar-refractivity contribution is 5.27.